The van der Waals surface area contributed by atoms with Gasteiger partial charge in [0.05, 0.1) is 11.7 Å². The molecule has 0 aliphatic rings. The van der Waals surface area contributed by atoms with E-state index in [2.05, 4.69) is 29.4 Å². The van der Waals surface area contributed by atoms with Gasteiger partial charge in [-0.3, -0.25) is 9.36 Å². The molecule has 0 unspecified atom stereocenters. The number of benzene rings is 1. The van der Waals surface area contributed by atoms with Crippen molar-refractivity contribution in [3.63, 3.8) is 0 Å². The normalized spacial score (nSPS) is 10.8. The third kappa shape index (κ3) is 2.58. The van der Waals surface area contributed by atoms with Gasteiger partial charge in [-0.15, -0.1) is 11.3 Å². The summed E-state index contributed by atoms with van der Waals surface area (Å²) in [6.45, 7) is 3.36. The van der Waals surface area contributed by atoms with Crippen LogP contribution in [0, 0.1) is 6.92 Å². The van der Waals surface area contributed by atoms with Gasteiger partial charge in [-0.2, -0.15) is 0 Å². The van der Waals surface area contributed by atoms with Crippen LogP contribution in [0.3, 0.4) is 0 Å². The molecule has 3 aromatic rings. The maximum absolute atomic E-state index is 12.2. The molecule has 1 aromatic carbocycles. The first-order chi connectivity index (χ1) is 9.74. The third-order valence-electron chi connectivity index (χ3n) is 3.15. The Kier molecular flexibility index (Phi) is 3.52. The van der Waals surface area contributed by atoms with Gasteiger partial charge in [-0.05, 0) is 36.1 Å². The average molecular weight is 285 g/mol. The van der Waals surface area contributed by atoms with Crippen LogP contribution in [0.5, 0.6) is 0 Å². The van der Waals surface area contributed by atoms with E-state index in [1.165, 1.54) is 16.9 Å². The van der Waals surface area contributed by atoms with Crippen molar-refractivity contribution >= 4 is 27.2 Å². The molecule has 2 heterocycles. The van der Waals surface area contributed by atoms with E-state index in [0.29, 0.717) is 18.5 Å². The summed E-state index contributed by atoms with van der Waals surface area (Å²) in [5.41, 5.74) is 2.32. The largest absolute Gasteiger partial charge is 0.383 e. The summed E-state index contributed by atoms with van der Waals surface area (Å²) in [6, 6.07) is 10.0. The van der Waals surface area contributed by atoms with Crippen molar-refractivity contribution in [2.75, 3.05) is 11.9 Å². The van der Waals surface area contributed by atoms with Crippen LogP contribution >= 0.6 is 11.3 Å². The number of rotatable bonds is 4. The van der Waals surface area contributed by atoms with E-state index in [-0.39, 0.29) is 5.56 Å². The Bertz CT molecular complexity index is 791. The second-order valence-corrected chi connectivity index (χ2v) is 5.57. The number of hydrogen-bond acceptors (Lipinski definition) is 4. The summed E-state index contributed by atoms with van der Waals surface area (Å²) in [5.74, 6) is 0. The molecule has 0 radical (unpaired) electrons. The lowest BCUT2D eigenvalue weighted by Crippen LogP contribution is -2.23. The Morgan fingerprint density at radius 1 is 1.35 bits per heavy atom. The van der Waals surface area contributed by atoms with Gasteiger partial charge in [0.25, 0.3) is 5.56 Å². The highest BCUT2D eigenvalue weighted by Gasteiger charge is 2.04. The molecule has 0 bridgehead atoms. The molecule has 0 saturated carbocycles. The Balaban J connectivity index is 1.71. The lowest BCUT2D eigenvalue weighted by molar-refractivity contribution is 0.690. The van der Waals surface area contributed by atoms with Gasteiger partial charge in [0.15, 0.2) is 0 Å². The number of aromatic nitrogens is 2. The van der Waals surface area contributed by atoms with Gasteiger partial charge in [-0.1, -0.05) is 12.1 Å². The van der Waals surface area contributed by atoms with E-state index in [1.807, 2.05) is 23.6 Å². The summed E-state index contributed by atoms with van der Waals surface area (Å²) >= 11 is 1.49. The van der Waals surface area contributed by atoms with Crippen LogP contribution in [-0.4, -0.2) is 16.1 Å². The van der Waals surface area contributed by atoms with Crippen LogP contribution in [0.15, 0.2) is 46.8 Å². The third-order valence-corrected chi connectivity index (χ3v) is 3.97. The Morgan fingerprint density at radius 2 is 2.25 bits per heavy atom. The molecule has 4 nitrogen and oxygen atoms in total. The van der Waals surface area contributed by atoms with Gasteiger partial charge >= 0.3 is 0 Å². The molecule has 0 fully saturated rings. The minimum absolute atomic E-state index is 0.0299. The Hall–Kier alpha value is -2.14. The van der Waals surface area contributed by atoms with Crippen molar-refractivity contribution in [3.05, 3.63) is 58.0 Å². The maximum Gasteiger partial charge on any atom is 0.262 e. The van der Waals surface area contributed by atoms with E-state index in [9.17, 15) is 4.79 Å². The molecule has 0 atom stereocenters. The first-order valence-corrected chi connectivity index (χ1v) is 7.35. The van der Waals surface area contributed by atoms with Gasteiger partial charge in [0.1, 0.15) is 4.83 Å². The SMILES string of the molecule is Cc1cccc(NCCn2cnc3sccc3c2=O)c1. The highest BCUT2D eigenvalue weighted by Crippen LogP contribution is 2.13. The topological polar surface area (TPSA) is 46.9 Å². The fourth-order valence-corrected chi connectivity index (χ4v) is 2.85. The Labute approximate surface area is 120 Å². The number of fused-ring (bicyclic) bond motifs is 1. The van der Waals surface area contributed by atoms with Crippen molar-refractivity contribution in [2.24, 2.45) is 0 Å². The van der Waals surface area contributed by atoms with Crippen LogP contribution in [-0.2, 0) is 6.54 Å². The molecule has 2 aromatic heterocycles. The second kappa shape index (κ2) is 5.46. The van der Waals surface area contributed by atoms with Crippen LogP contribution in [0.25, 0.3) is 10.2 Å². The van der Waals surface area contributed by atoms with Gasteiger partial charge in [0.2, 0.25) is 0 Å². The first-order valence-electron chi connectivity index (χ1n) is 6.47. The van der Waals surface area contributed by atoms with E-state index < -0.39 is 0 Å². The summed E-state index contributed by atoms with van der Waals surface area (Å²) in [6.07, 6.45) is 1.62. The zero-order chi connectivity index (χ0) is 13.9. The van der Waals surface area contributed by atoms with E-state index in [4.69, 9.17) is 0 Å². The monoisotopic (exact) mass is 285 g/mol. The lowest BCUT2D eigenvalue weighted by atomic mass is 10.2. The van der Waals surface area contributed by atoms with Gasteiger partial charge in [0, 0.05) is 18.8 Å². The maximum atomic E-state index is 12.2. The predicted molar refractivity (Wildman–Crippen MR) is 83.5 cm³/mol. The molecule has 0 saturated heterocycles. The van der Waals surface area contributed by atoms with Crippen molar-refractivity contribution < 1.29 is 0 Å². The lowest BCUT2D eigenvalue weighted by Gasteiger charge is -2.08. The zero-order valence-corrected chi connectivity index (χ0v) is 12.0. The fraction of sp³-hybridized carbons (Fsp3) is 0.200. The van der Waals surface area contributed by atoms with E-state index in [0.717, 1.165) is 10.5 Å². The number of nitrogens with one attached hydrogen (secondary N) is 1. The molecular weight excluding hydrogens is 270 g/mol. The van der Waals surface area contributed by atoms with E-state index in [1.54, 1.807) is 10.9 Å². The van der Waals surface area contributed by atoms with Gasteiger partial charge in [-0.25, -0.2) is 4.98 Å². The summed E-state index contributed by atoms with van der Waals surface area (Å²) in [7, 11) is 0. The predicted octanol–water partition coefficient (Wildman–Crippen LogP) is 2.88. The minimum Gasteiger partial charge on any atom is -0.383 e. The molecule has 20 heavy (non-hydrogen) atoms. The molecule has 0 aliphatic heterocycles. The highest BCUT2D eigenvalue weighted by atomic mass is 32.1. The molecule has 1 N–H and O–H groups in total. The van der Waals surface area contributed by atoms with Crippen molar-refractivity contribution in [3.8, 4) is 0 Å². The van der Waals surface area contributed by atoms with Crippen molar-refractivity contribution in [2.45, 2.75) is 13.5 Å². The van der Waals surface area contributed by atoms with Crippen LogP contribution in [0.1, 0.15) is 5.56 Å². The second-order valence-electron chi connectivity index (χ2n) is 4.68. The van der Waals surface area contributed by atoms with Crippen LogP contribution < -0.4 is 10.9 Å². The zero-order valence-electron chi connectivity index (χ0n) is 11.2. The van der Waals surface area contributed by atoms with Crippen molar-refractivity contribution in [1.29, 1.82) is 0 Å². The molecule has 5 heteroatoms. The molecule has 0 spiro atoms. The van der Waals surface area contributed by atoms with Crippen molar-refractivity contribution in [1.82, 2.24) is 9.55 Å². The number of aryl methyl sites for hydroxylation is 1. The highest BCUT2D eigenvalue weighted by molar-refractivity contribution is 7.16. The van der Waals surface area contributed by atoms with Crippen LogP contribution in [0.4, 0.5) is 5.69 Å². The van der Waals surface area contributed by atoms with Crippen LogP contribution in [0.2, 0.25) is 0 Å². The molecule has 3 rings (SSSR count). The summed E-state index contributed by atoms with van der Waals surface area (Å²) < 4.78 is 1.65. The smallest absolute Gasteiger partial charge is 0.262 e. The molecule has 0 aliphatic carbocycles. The first kappa shape index (κ1) is 12.9. The number of hydrogen-bond donors (Lipinski definition) is 1. The fourth-order valence-electron chi connectivity index (χ4n) is 2.13. The molecule has 0 amide bonds. The number of nitrogens with zero attached hydrogens (tertiary/aromatic N) is 2. The summed E-state index contributed by atoms with van der Waals surface area (Å²) in [5, 5.41) is 5.92. The van der Waals surface area contributed by atoms with Gasteiger partial charge < -0.3 is 5.32 Å². The van der Waals surface area contributed by atoms with E-state index >= 15 is 0 Å². The molecular formula is C15H15N3OS. The quantitative estimate of drug-likeness (QED) is 0.802. The Morgan fingerprint density at radius 3 is 3.10 bits per heavy atom. The number of anilines is 1. The average Bonchev–Trinajstić information content (AvgIpc) is 2.91. The standard InChI is InChI=1S/C15H15N3OS/c1-11-3-2-4-12(9-11)16-6-7-18-10-17-14-13(15(18)19)5-8-20-14/h2-5,8-10,16H,6-7H2,1H3. The minimum atomic E-state index is 0.0299. The molecule has 102 valence electrons. The number of thiophene rings is 1. The summed E-state index contributed by atoms with van der Waals surface area (Å²) in [4.78, 5) is 17.3.